The van der Waals surface area contributed by atoms with E-state index in [4.69, 9.17) is 37.6 Å². The number of halogens is 2. The van der Waals surface area contributed by atoms with Crippen LogP contribution in [0.2, 0.25) is 10.0 Å². The Balaban J connectivity index is 1.16. The van der Waals surface area contributed by atoms with Gasteiger partial charge in [-0.1, -0.05) is 64.8 Å². The zero-order valence-electron chi connectivity index (χ0n) is 21.1. The molecule has 0 atom stereocenters. The molecule has 6 nitrogen and oxygen atoms in total. The molecule has 198 valence electrons. The molecule has 0 amide bonds. The number of rotatable bonds is 9. The van der Waals surface area contributed by atoms with Crippen molar-refractivity contribution in [2.75, 3.05) is 0 Å². The van der Waals surface area contributed by atoms with Gasteiger partial charge in [-0.3, -0.25) is 9.78 Å². The summed E-state index contributed by atoms with van der Waals surface area (Å²) in [6, 6.07) is 7.79. The van der Waals surface area contributed by atoms with Crippen LogP contribution >= 0.6 is 23.2 Å². The van der Waals surface area contributed by atoms with Crippen LogP contribution in [-0.2, 0) is 22.6 Å². The average molecular weight is 553 g/mol. The van der Waals surface area contributed by atoms with E-state index >= 15 is 0 Å². The molecule has 0 spiro atoms. The van der Waals surface area contributed by atoms with Crippen LogP contribution in [0.15, 0.2) is 47.3 Å². The minimum atomic E-state index is -0.810. The molecule has 8 heteroatoms. The third-order valence-electron chi connectivity index (χ3n) is 8.55. The Morgan fingerprint density at radius 3 is 2.47 bits per heavy atom. The predicted octanol–water partition coefficient (Wildman–Crippen LogP) is 7.87. The number of allylic oxidation sites excluding steroid dienone is 1. The van der Waals surface area contributed by atoms with Crippen molar-refractivity contribution in [3.63, 3.8) is 0 Å². The number of carboxylic acid groups (broad SMARTS) is 1. The first-order chi connectivity index (χ1) is 18.4. The van der Waals surface area contributed by atoms with Gasteiger partial charge in [0.2, 0.25) is 0 Å². The van der Waals surface area contributed by atoms with E-state index < -0.39 is 5.97 Å². The largest absolute Gasteiger partial charge is 0.481 e. The van der Waals surface area contributed by atoms with Crippen molar-refractivity contribution in [2.24, 2.45) is 5.41 Å². The summed E-state index contributed by atoms with van der Waals surface area (Å²) in [5.41, 5.74) is 4.18. The highest BCUT2D eigenvalue weighted by Crippen LogP contribution is 2.55. The van der Waals surface area contributed by atoms with Crippen molar-refractivity contribution in [2.45, 2.75) is 75.9 Å². The summed E-state index contributed by atoms with van der Waals surface area (Å²) in [5.74, 6) is 0.473. The zero-order valence-corrected chi connectivity index (χ0v) is 22.6. The molecule has 2 heterocycles. The zero-order chi connectivity index (χ0) is 26.3. The minimum Gasteiger partial charge on any atom is -0.481 e. The van der Waals surface area contributed by atoms with Crippen LogP contribution in [0.4, 0.5) is 0 Å². The lowest BCUT2D eigenvalue weighted by Gasteiger charge is -2.52. The molecule has 4 aliphatic carbocycles. The topological polar surface area (TPSA) is 85.5 Å². The number of aliphatic carboxylic acids is 1. The molecule has 0 saturated heterocycles. The first-order valence-electron chi connectivity index (χ1n) is 13.3. The first kappa shape index (κ1) is 25.6. The molecule has 4 aliphatic rings. The van der Waals surface area contributed by atoms with Crippen molar-refractivity contribution in [1.29, 1.82) is 0 Å². The maximum absolute atomic E-state index is 11.1. The summed E-state index contributed by atoms with van der Waals surface area (Å²) < 4.78 is 12.6. The van der Waals surface area contributed by atoms with E-state index in [2.05, 4.69) is 22.3 Å². The molecule has 2 bridgehead atoms. The molecule has 0 aliphatic heterocycles. The second kappa shape index (κ2) is 10.1. The number of benzene rings is 1. The molecule has 1 N–H and O–H groups in total. The number of aromatic nitrogens is 2. The standard InChI is InChI=1S/C30H30Cl2N2O4/c31-23-16-33-17-24(32)26(23)27-22(28(38-34-27)21-4-5-21)18-37-30-11-8-29(9-12-30,10-13-30)7-6-19-2-1-3-20(14-19)15-25(35)36/h1-3,6-7,14,16-17,21H,4-5,8-13,15,18H2,(H,35,36)/b7-6+. The fraction of sp³-hybridized carbons (Fsp3) is 0.433. The van der Waals surface area contributed by atoms with E-state index in [1.807, 2.05) is 24.3 Å². The van der Waals surface area contributed by atoms with Gasteiger partial charge in [-0.25, -0.2) is 0 Å². The van der Waals surface area contributed by atoms with Crippen molar-refractivity contribution < 1.29 is 19.2 Å². The number of carbonyl (C=O) groups is 1. The van der Waals surface area contributed by atoms with Crippen LogP contribution in [0.5, 0.6) is 0 Å². The van der Waals surface area contributed by atoms with E-state index in [9.17, 15) is 4.79 Å². The average Bonchev–Trinajstić information content (AvgIpc) is 3.67. The van der Waals surface area contributed by atoms with Crippen LogP contribution in [0, 0.1) is 5.41 Å². The van der Waals surface area contributed by atoms with E-state index in [0.29, 0.717) is 33.8 Å². The fourth-order valence-electron chi connectivity index (χ4n) is 6.09. The maximum atomic E-state index is 11.1. The molecular weight excluding hydrogens is 523 g/mol. The second-order valence-corrected chi connectivity index (χ2v) is 11.9. The van der Waals surface area contributed by atoms with Gasteiger partial charge in [0, 0.05) is 29.4 Å². The molecular formula is C30H30Cl2N2O4. The Kier molecular flexibility index (Phi) is 6.83. The maximum Gasteiger partial charge on any atom is 0.307 e. The normalized spacial score (nSPS) is 24.8. The van der Waals surface area contributed by atoms with Crippen LogP contribution in [0.3, 0.4) is 0 Å². The lowest BCUT2D eigenvalue weighted by molar-refractivity contribution is -0.136. The van der Waals surface area contributed by atoms with E-state index in [0.717, 1.165) is 73.8 Å². The number of ether oxygens (including phenoxy) is 1. The van der Waals surface area contributed by atoms with Crippen LogP contribution < -0.4 is 0 Å². The highest BCUT2D eigenvalue weighted by Gasteiger charge is 2.48. The Labute approximate surface area is 232 Å². The van der Waals surface area contributed by atoms with Gasteiger partial charge in [0.15, 0.2) is 0 Å². The number of carboxylic acids is 1. The fourth-order valence-corrected chi connectivity index (χ4v) is 6.63. The summed E-state index contributed by atoms with van der Waals surface area (Å²) in [7, 11) is 0. The minimum absolute atomic E-state index is 0.0443. The summed E-state index contributed by atoms with van der Waals surface area (Å²) in [5, 5.41) is 14.4. The summed E-state index contributed by atoms with van der Waals surface area (Å²) in [6.45, 7) is 0.429. The van der Waals surface area contributed by atoms with Crippen LogP contribution in [0.25, 0.3) is 17.3 Å². The summed E-state index contributed by atoms with van der Waals surface area (Å²) >= 11 is 12.9. The van der Waals surface area contributed by atoms with Gasteiger partial charge in [0.1, 0.15) is 11.5 Å². The summed E-state index contributed by atoms with van der Waals surface area (Å²) in [6.07, 6.45) is 16.2. The monoisotopic (exact) mass is 552 g/mol. The van der Waals surface area contributed by atoms with Crippen molar-refractivity contribution >= 4 is 35.2 Å². The van der Waals surface area contributed by atoms with Gasteiger partial charge in [0.25, 0.3) is 0 Å². The lowest BCUT2D eigenvalue weighted by atomic mass is 9.58. The molecule has 4 saturated carbocycles. The number of hydrogen-bond donors (Lipinski definition) is 1. The van der Waals surface area contributed by atoms with Gasteiger partial charge in [0.05, 0.1) is 28.7 Å². The Morgan fingerprint density at radius 1 is 1.11 bits per heavy atom. The van der Waals surface area contributed by atoms with Gasteiger partial charge in [-0.15, -0.1) is 0 Å². The van der Waals surface area contributed by atoms with E-state index in [1.165, 1.54) is 0 Å². The molecule has 1 aromatic carbocycles. The molecule has 0 radical (unpaired) electrons. The Bertz CT molecular complexity index is 1350. The first-order valence-corrected chi connectivity index (χ1v) is 14.0. The van der Waals surface area contributed by atoms with Gasteiger partial charge < -0.3 is 14.4 Å². The SMILES string of the molecule is O=C(O)Cc1cccc(/C=C/C23CCC(OCc4c(-c5c(Cl)cncc5Cl)noc4C4CC4)(CC2)CC3)c1. The number of fused-ring (bicyclic) bond motifs is 3. The molecule has 4 fully saturated rings. The van der Waals surface area contributed by atoms with Gasteiger partial charge in [-0.2, -0.15) is 0 Å². The highest BCUT2D eigenvalue weighted by atomic mass is 35.5. The molecule has 7 rings (SSSR count). The van der Waals surface area contributed by atoms with Crippen molar-refractivity contribution in [3.8, 4) is 11.3 Å². The summed E-state index contributed by atoms with van der Waals surface area (Å²) in [4.78, 5) is 15.1. The third kappa shape index (κ3) is 5.14. The molecule has 2 aromatic heterocycles. The van der Waals surface area contributed by atoms with Crippen molar-refractivity contribution in [1.82, 2.24) is 10.1 Å². The smallest absolute Gasteiger partial charge is 0.307 e. The van der Waals surface area contributed by atoms with Crippen LogP contribution in [-0.4, -0.2) is 26.8 Å². The third-order valence-corrected chi connectivity index (χ3v) is 9.12. The highest BCUT2D eigenvalue weighted by molar-refractivity contribution is 6.38. The van der Waals surface area contributed by atoms with Crippen LogP contribution in [0.1, 0.15) is 79.7 Å². The van der Waals surface area contributed by atoms with Gasteiger partial charge in [-0.05, 0) is 67.9 Å². The second-order valence-electron chi connectivity index (χ2n) is 11.1. The lowest BCUT2D eigenvalue weighted by Crippen LogP contribution is -2.46. The Hall–Kier alpha value is -2.67. The predicted molar refractivity (Wildman–Crippen MR) is 146 cm³/mol. The van der Waals surface area contributed by atoms with E-state index in [1.54, 1.807) is 12.4 Å². The quantitative estimate of drug-likeness (QED) is 0.290. The van der Waals surface area contributed by atoms with Gasteiger partial charge >= 0.3 is 5.97 Å². The number of nitrogens with zero attached hydrogens (tertiary/aromatic N) is 2. The van der Waals surface area contributed by atoms with E-state index in [-0.39, 0.29) is 17.4 Å². The Morgan fingerprint density at radius 2 is 1.82 bits per heavy atom. The van der Waals surface area contributed by atoms with Crippen molar-refractivity contribution in [3.05, 3.63) is 75.2 Å². The number of hydrogen-bond acceptors (Lipinski definition) is 5. The molecule has 38 heavy (non-hydrogen) atoms. The molecule has 3 aromatic rings. The number of pyridine rings is 1. The molecule has 0 unspecified atom stereocenters.